The van der Waals surface area contributed by atoms with Gasteiger partial charge in [-0.3, -0.25) is 9.59 Å². The molecule has 5 heteroatoms. The van der Waals surface area contributed by atoms with E-state index in [0.717, 1.165) is 5.56 Å². The van der Waals surface area contributed by atoms with Crippen LogP contribution in [0.5, 0.6) is 0 Å². The van der Waals surface area contributed by atoms with E-state index in [1.807, 2.05) is 39.0 Å². The molecule has 1 unspecified atom stereocenters. The molecule has 2 rings (SSSR count). The van der Waals surface area contributed by atoms with Crippen LogP contribution in [0.2, 0.25) is 0 Å². The van der Waals surface area contributed by atoms with Gasteiger partial charge in [-0.2, -0.15) is 0 Å². The number of rotatable bonds is 6. The predicted molar refractivity (Wildman–Crippen MR) is 98.4 cm³/mol. The van der Waals surface area contributed by atoms with Gasteiger partial charge in [0.05, 0.1) is 12.5 Å². The van der Waals surface area contributed by atoms with Crippen LogP contribution in [0.25, 0.3) is 0 Å². The van der Waals surface area contributed by atoms with Gasteiger partial charge in [-0.1, -0.05) is 36.4 Å². The van der Waals surface area contributed by atoms with Crippen LogP contribution in [0, 0.1) is 6.92 Å². The molecule has 2 aromatic carbocycles. The third-order valence-corrected chi connectivity index (χ3v) is 3.75. The fourth-order valence-electron chi connectivity index (χ4n) is 2.46. The van der Waals surface area contributed by atoms with Gasteiger partial charge in [0.25, 0.3) is 5.91 Å². The van der Waals surface area contributed by atoms with Crippen LogP contribution < -0.4 is 10.6 Å². The molecule has 3 N–H and O–H groups in total. The molecule has 0 aliphatic carbocycles. The van der Waals surface area contributed by atoms with Crippen molar-refractivity contribution >= 4 is 17.5 Å². The van der Waals surface area contributed by atoms with Crippen molar-refractivity contribution in [3.05, 3.63) is 65.2 Å². The summed E-state index contributed by atoms with van der Waals surface area (Å²) in [6.07, 6.45) is -0.916. The molecular weight excluding hydrogens is 316 g/mol. The van der Waals surface area contributed by atoms with Crippen molar-refractivity contribution in [2.75, 3.05) is 5.32 Å². The smallest absolute Gasteiger partial charge is 0.251 e. The summed E-state index contributed by atoms with van der Waals surface area (Å²) in [7, 11) is 0. The van der Waals surface area contributed by atoms with Crippen molar-refractivity contribution < 1.29 is 14.7 Å². The van der Waals surface area contributed by atoms with E-state index < -0.39 is 6.10 Å². The Balaban J connectivity index is 2.04. The number of anilines is 1. The molecule has 2 aromatic rings. The largest absolute Gasteiger partial charge is 0.388 e. The molecule has 0 aromatic heterocycles. The van der Waals surface area contributed by atoms with E-state index in [9.17, 15) is 14.7 Å². The Kier molecular flexibility index (Phi) is 6.31. The highest BCUT2D eigenvalue weighted by Gasteiger charge is 2.15. The zero-order valence-corrected chi connectivity index (χ0v) is 14.7. The number of aliphatic hydroxyl groups excluding tert-OH is 1. The lowest BCUT2D eigenvalue weighted by Gasteiger charge is -2.14. The molecule has 132 valence electrons. The van der Waals surface area contributed by atoms with Crippen LogP contribution in [0.15, 0.2) is 48.5 Å². The Labute approximate surface area is 148 Å². The quantitative estimate of drug-likeness (QED) is 0.755. The van der Waals surface area contributed by atoms with Gasteiger partial charge in [0.1, 0.15) is 0 Å². The summed E-state index contributed by atoms with van der Waals surface area (Å²) < 4.78 is 0. The number of hydrogen-bond acceptors (Lipinski definition) is 3. The number of carbonyl (C=O) groups excluding carboxylic acids is 2. The van der Waals surface area contributed by atoms with E-state index in [1.54, 1.807) is 30.3 Å². The number of nitrogens with one attached hydrogen (secondary N) is 2. The van der Waals surface area contributed by atoms with Crippen LogP contribution in [-0.4, -0.2) is 23.0 Å². The fraction of sp³-hybridized carbons (Fsp3) is 0.300. The van der Waals surface area contributed by atoms with E-state index >= 15 is 0 Å². The normalized spacial score (nSPS) is 11.9. The van der Waals surface area contributed by atoms with Gasteiger partial charge in [-0.25, -0.2) is 0 Å². The van der Waals surface area contributed by atoms with Gasteiger partial charge >= 0.3 is 0 Å². The summed E-state index contributed by atoms with van der Waals surface area (Å²) in [6, 6.07) is 14.3. The minimum absolute atomic E-state index is 0.0335. The summed E-state index contributed by atoms with van der Waals surface area (Å²) in [4.78, 5) is 24.4. The first kappa shape index (κ1) is 18.7. The molecule has 2 amide bonds. The van der Waals surface area contributed by atoms with Crippen molar-refractivity contribution in [1.82, 2.24) is 5.32 Å². The second kappa shape index (κ2) is 8.44. The Morgan fingerprint density at radius 1 is 1.08 bits per heavy atom. The lowest BCUT2D eigenvalue weighted by atomic mass is 10.1. The molecule has 0 aliphatic rings. The van der Waals surface area contributed by atoms with Crippen molar-refractivity contribution in [3.8, 4) is 0 Å². The molecule has 1 atom stereocenters. The first-order valence-electron chi connectivity index (χ1n) is 8.31. The van der Waals surface area contributed by atoms with Gasteiger partial charge in [-0.05, 0) is 44.0 Å². The number of benzene rings is 2. The first-order valence-corrected chi connectivity index (χ1v) is 8.31. The minimum Gasteiger partial charge on any atom is -0.388 e. The third kappa shape index (κ3) is 5.43. The molecule has 25 heavy (non-hydrogen) atoms. The van der Waals surface area contributed by atoms with Gasteiger partial charge in [0, 0.05) is 17.3 Å². The lowest BCUT2D eigenvalue weighted by Crippen LogP contribution is -2.30. The number of amides is 2. The maximum absolute atomic E-state index is 12.2. The summed E-state index contributed by atoms with van der Waals surface area (Å²) in [6.45, 7) is 5.63. The monoisotopic (exact) mass is 340 g/mol. The SMILES string of the molecule is Cc1ccc(NC(=O)CC(O)c2ccccc2)cc1C(=O)NC(C)C. The lowest BCUT2D eigenvalue weighted by molar-refractivity contribution is -0.118. The topological polar surface area (TPSA) is 78.4 Å². The van der Waals surface area contributed by atoms with Crippen molar-refractivity contribution in [3.63, 3.8) is 0 Å². The third-order valence-electron chi connectivity index (χ3n) is 3.75. The average Bonchev–Trinajstić information content (AvgIpc) is 2.56. The summed E-state index contributed by atoms with van der Waals surface area (Å²) >= 11 is 0. The van der Waals surface area contributed by atoms with Crippen molar-refractivity contribution in [1.29, 1.82) is 0 Å². The van der Waals surface area contributed by atoms with Gasteiger partial charge in [0.15, 0.2) is 0 Å². The molecular formula is C20H24N2O3. The Morgan fingerprint density at radius 2 is 1.76 bits per heavy atom. The molecule has 0 heterocycles. The summed E-state index contributed by atoms with van der Waals surface area (Å²) in [5.41, 5.74) is 2.58. The van der Waals surface area contributed by atoms with Crippen LogP contribution in [0.4, 0.5) is 5.69 Å². The minimum atomic E-state index is -0.865. The van der Waals surface area contributed by atoms with E-state index in [-0.39, 0.29) is 24.3 Å². The number of aryl methyl sites for hydroxylation is 1. The number of hydrogen-bond donors (Lipinski definition) is 3. The average molecular weight is 340 g/mol. The van der Waals surface area contributed by atoms with E-state index in [4.69, 9.17) is 0 Å². The summed E-state index contributed by atoms with van der Waals surface area (Å²) in [5, 5.41) is 15.7. The van der Waals surface area contributed by atoms with Gasteiger partial charge < -0.3 is 15.7 Å². The summed E-state index contributed by atoms with van der Waals surface area (Å²) in [5.74, 6) is -0.483. The van der Waals surface area contributed by atoms with Gasteiger partial charge in [0.2, 0.25) is 5.91 Å². The van der Waals surface area contributed by atoms with Gasteiger partial charge in [-0.15, -0.1) is 0 Å². The Hall–Kier alpha value is -2.66. The number of carbonyl (C=O) groups is 2. The van der Waals surface area contributed by atoms with Crippen molar-refractivity contribution in [2.45, 2.75) is 39.3 Å². The maximum atomic E-state index is 12.2. The maximum Gasteiger partial charge on any atom is 0.251 e. The molecule has 0 spiro atoms. The van der Waals surface area contributed by atoms with Crippen LogP contribution in [-0.2, 0) is 4.79 Å². The molecule has 5 nitrogen and oxygen atoms in total. The predicted octanol–water partition coefficient (Wildman–Crippen LogP) is 3.20. The molecule has 0 fully saturated rings. The van der Waals surface area contributed by atoms with E-state index in [0.29, 0.717) is 16.8 Å². The highest BCUT2D eigenvalue weighted by Crippen LogP contribution is 2.19. The Bertz CT molecular complexity index is 742. The molecule has 0 aliphatic heterocycles. The second-order valence-corrected chi connectivity index (χ2v) is 6.34. The van der Waals surface area contributed by atoms with E-state index in [2.05, 4.69) is 10.6 Å². The number of aliphatic hydroxyl groups is 1. The van der Waals surface area contributed by atoms with E-state index in [1.165, 1.54) is 0 Å². The van der Waals surface area contributed by atoms with Crippen LogP contribution in [0.3, 0.4) is 0 Å². The van der Waals surface area contributed by atoms with Crippen LogP contribution in [0.1, 0.15) is 47.9 Å². The zero-order chi connectivity index (χ0) is 18.4. The molecule has 0 saturated carbocycles. The molecule has 0 bridgehead atoms. The second-order valence-electron chi connectivity index (χ2n) is 6.34. The highest BCUT2D eigenvalue weighted by atomic mass is 16.3. The highest BCUT2D eigenvalue weighted by molar-refractivity contribution is 5.98. The molecule has 0 saturated heterocycles. The fourth-order valence-corrected chi connectivity index (χ4v) is 2.46. The standard InChI is InChI=1S/C20H24N2O3/c1-13(2)21-20(25)17-11-16(10-9-14(17)3)22-19(24)12-18(23)15-7-5-4-6-8-15/h4-11,13,18,23H,12H2,1-3H3,(H,21,25)(H,22,24). The van der Waals surface area contributed by atoms with Crippen LogP contribution >= 0.6 is 0 Å². The first-order chi connectivity index (χ1) is 11.9. The molecule has 0 radical (unpaired) electrons. The Morgan fingerprint density at radius 3 is 2.40 bits per heavy atom. The van der Waals surface area contributed by atoms with Crippen molar-refractivity contribution in [2.24, 2.45) is 0 Å². The zero-order valence-electron chi connectivity index (χ0n) is 14.7.